The highest BCUT2D eigenvalue weighted by Gasteiger charge is 2.18. The van der Waals surface area contributed by atoms with E-state index in [0.717, 1.165) is 44.9 Å². The summed E-state index contributed by atoms with van der Waals surface area (Å²) < 4.78 is 5.47. The third-order valence-electron chi connectivity index (χ3n) is 17.9. The summed E-state index contributed by atoms with van der Waals surface area (Å²) in [7, 11) is 0. The molecule has 0 aromatic heterocycles. The Hall–Kier alpha value is -1.92. The fourth-order valence-corrected chi connectivity index (χ4v) is 12.0. The molecule has 2 atom stereocenters. The van der Waals surface area contributed by atoms with Crippen LogP contribution >= 0.6 is 0 Å². The molecule has 6 heteroatoms. The zero-order chi connectivity index (χ0) is 60.6. The summed E-state index contributed by atoms with van der Waals surface area (Å²) in [6.07, 6.45) is 95.6. The summed E-state index contributed by atoms with van der Waals surface area (Å²) in [5.74, 6) is -0.0488. The molecule has 1 amide bonds. The number of amides is 1. The summed E-state index contributed by atoms with van der Waals surface area (Å²) in [4.78, 5) is 24.5. The average molecular weight is 1180 g/mol. The molecule has 6 nitrogen and oxygen atoms in total. The van der Waals surface area contributed by atoms with E-state index in [-0.39, 0.29) is 18.5 Å². The van der Waals surface area contributed by atoms with Crippen LogP contribution in [0.4, 0.5) is 0 Å². The van der Waals surface area contributed by atoms with Gasteiger partial charge in [-0.2, -0.15) is 0 Å². The molecule has 0 radical (unpaired) electrons. The van der Waals surface area contributed by atoms with E-state index in [2.05, 4.69) is 43.5 Å². The highest BCUT2D eigenvalue weighted by atomic mass is 16.5. The smallest absolute Gasteiger partial charge is 0.305 e. The van der Waals surface area contributed by atoms with Crippen molar-refractivity contribution in [3.05, 3.63) is 36.5 Å². The van der Waals surface area contributed by atoms with Gasteiger partial charge in [-0.3, -0.25) is 9.59 Å². The van der Waals surface area contributed by atoms with E-state index in [1.807, 2.05) is 6.08 Å². The maximum atomic E-state index is 12.5. The van der Waals surface area contributed by atoms with Gasteiger partial charge in [0.05, 0.1) is 25.4 Å². The minimum atomic E-state index is -0.842. The third kappa shape index (κ3) is 69.2. The molecular weight excluding hydrogens is 1030 g/mol. The first-order valence-corrected chi connectivity index (χ1v) is 38.3. The molecule has 0 aliphatic rings. The van der Waals surface area contributed by atoms with E-state index in [9.17, 15) is 19.8 Å². The van der Waals surface area contributed by atoms with Gasteiger partial charge in [0.25, 0.3) is 0 Å². The molecule has 0 heterocycles. The Labute approximate surface area is 525 Å². The Morgan fingerprint density at radius 2 is 0.571 bits per heavy atom. The van der Waals surface area contributed by atoms with Crippen LogP contribution in [0.3, 0.4) is 0 Å². The quantitative estimate of drug-likeness (QED) is 0.0320. The lowest BCUT2D eigenvalue weighted by molar-refractivity contribution is -0.143. The number of carbonyl (C=O) groups excluding carboxylic acids is 2. The zero-order valence-electron chi connectivity index (χ0n) is 56.9. The Kier molecular flexibility index (Phi) is 71.9. The average Bonchev–Trinajstić information content (AvgIpc) is 3.51. The Morgan fingerprint density at radius 3 is 0.881 bits per heavy atom. The van der Waals surface area contributed by atoms with Crippen LogP contribution in [0.15, 0.2) is 36.5 Å². The Balaban J connectivity index is 3.34. The second kappa shape index (κ2) is 73.5. The number of rotatable bonds is 72. The monoisotopic (exact) mass is 1180 g/mol. The SMILES string of the molecule is CCCC/C=C\CCCCCCCC(=O)OCCCCCCCCCCCCCCCCCCCC/C=C\CCCCCCCCCCCCCCCCCCCC(=O)NC(CO)C(O)/C=C/CCCCCCCCCCCCCCCCC. The molecule has 0 spiro atoms. The summed E-state index contributed by atoms with van der Waals surface area (Å²) >= 11 is 0. The van der Waals surface area contributed by atoms with Gasteiger partial charge in [-0.15, -0.1) is 0 Å². The van der Waals surface area contributed by atoms with Crippen molar-refractivity contribution in [3.63, 3.8) is 0 Å². The molecule has 3 N–H and O–H groups in total. The molecule has 0 saturated carbocycles. The van der Waals surface area contributed by atoms with Crippen molar-refractivity contribution >= 4 is 11.9 Å². The number of carbonyl (C=O) groups is 2. The summed E-state index contributed by atoms with van der Waals surface area (Å²) in [5, 5.41) is 23.2. The van der Waals surface area contributed by atoms with Crippen LogP contribution in [-0.2, 0) is 14.3 Å². The summed E-state index contributed by atoms with van der Waals surface area (Å²) in [6, 6.07) is -0.625. The maximum absolute atomic E-state index is 12.5. The van der Waals surface area contributed by atoms with Gasteiger partial charge in [-0.1, -0.05) is 371 Å². The van der Waals surface area contributed by atoms with Crippen molar-refractivity contribution in [2.45, 2.75) is 437 Å². The lowest BCUT2D eigenvalue weighted by atomic mass is 10.0. The van der Waals surface area contributed by atoms with E-state index in [0.29, 0.717) is 19.4 Å². The van der Waals surface area contributed by atoms with Gasteiger partial charge in [0.15, 0.2) is 0 Å². The van der Waals surface area contributed by atoms with Gasteiger partial charge in [-0.25, -0.2) is 0 Å². The minimum absolute atomic E-state index is 0.0115. The number of unbranched alkanes of at least 4 members (excludes halogenated alkanes) is 57. The zero-order valence-corrected chi connectivity index (χ0v) is 56.9. The largest absolute Gasteiger partial charge is 0.466 e. The van der Waals surface area contributed by atoms with Crippen LogP contribution in [-0.4, -0.2) is 47.4 Å². The third-order valence-corrected chi connectivity index (χ3v) is 17.9. The van der Waals surface area contributed by atoms with Gasteiger partial charge < -0.3 is 20.3 Å². The van der Waals surface area contributed by atoms with Crippen molar-refractivity contribution in [2.24, 2.45) is 0 Å². The Bertz CT molecular complexity index is 1360. The molecule has 0 aliphatic carbocycles. The van der Waals surface area contributed by atoms with Crippen LogP contribution in [0.2, 0.25) is 0 Å². The highest BCUT2D eigenvalue weighted by Crippen LogP contribution is 2.19. The fourth-order valence-electron chi connectivity index (χ4n) is 12.0. The molecule has 0 bridgehead atoms. The molecule has 0 rings (SSSR count). The molecule has 0 aliphatic heterocycles. The topological polar surface area (TPSA) is 95.9 Å². The van der Waals surface area contributed by atoms with Crippen LogP contribution in [0.5, 0.6) is 0 Å². The van der Waals surface area contributed by atoms with Crippen molar-refractivity contribution in [1.29, 1.82) is 0 Å². The van der Waals surface area contributed by atoms with Gasteiger partial charge in [-0.05, 0) is 77.0 Å². The standard InChI is InChI=1S/C78H149NO5/c1-3-5-7-9-11-13-15-16-17-41-44-47-51-54-58-62-66-70-76(81)75(74-80)79-77(82)71-67-63-59-55-52-48-45-42-39-37-35-33-31-29-27-25-23-21-19-18-20-22-24-26-28-30-32-34-36-38-40-43-46-49-53-57-61-65-69-73-84-78(83)72-68-64-60-56-50-14-12-10-8-6-4-2/h10,12,18-19,66,70,75-76,80-81H,3-9,11,13-17,20-65,67-69,71-74H2,1-2H3,(H,79,82)/b12-10-,19-18-,70-66+. The number of hydrogen-bond donors (Lipinski definition) is 3. The first-order valence-electron chi connectivity index (χ1n) is 38.3. The van der Waals surface area contributed by atoms with Crippen LogP contribution in [0.1, 0.15) is 425 Å². The number of aliphatic hydroxyl groups excluding tert-OH is 2. The Morgan fingerprint density at radius 1 is 0.321 bits per heavy atom. The van der Waals surface area contributed by atoms with Gasteiger partial charge in [0.2, 0.25) is 5.91 Å². The summed E-state index contributed by atoms with van der Waals surface area (Å²) in [6.45, 7) is 4.90. The number of aliphatic hydroxyl groups is 2. The van der Waals surface area contributed by atoms with Crippen LogP contribution < -0.4 is 5.32 Å². The first kappa shape index (κ1) is 82.1. The number of hydrogen-bond acceptors (Lipinski definition) is 5. The second-order valence-corrected chi connectivity index (χ2v) is 26.3. The number of esters is 1. The highest BCUT2D eigenvalue weighted by molar-refractivity contribution is 5.76. The van der Waals surface area contributed by atoms with E-state index in [1.54, 1.807) is 6.08 Å². The predicted molar refractivity (Wildman–Crippen MR) is 370 cm³/mol. The molecule has 0 saturated heterocycles. The van der Waals surface area contributed by atoms with Gasteiger partial charge >= 0.3 is 5.97 Å². The van der Waals surface area contributed by atoms with Crippen LogP contribution in [0.25, 0.3) is 0 Å². The maximum Gasteiger partial charge on any atom is 0.305 e. The number of nitrogens with one attached hydrogen (secondary N) is 1. The normalized spacial score (nSPS) is 12.7. The minimum Gasteiger partial charge on any atom is -0.466 e. The molecule has 496 valence electrons. The number of ether oxygens (including phenoxy) is 1. The van der Waals surface area contributed by atoms with Crippen molar-refractivity contribution in [1.82, 2.24) is 5.32 Å². The molecule has 0 aromatic carbocycles. The molecule has 2 unspecified atom stereocenters. The van der Waals surface area contributed by atoms with E-state index < -0.39 is 12.1 Å². The van der Waals surface area contributed by atoms with E-state index in [4.69, 9.17) is 4.74 Å². The van der Waals surface area contributed by atoms with Crippen molar-refractivity contribution in [2.75, 3.05) is 13.2 Å². The lowest BCUT2D eigenvalue weighted by Gasteiger charge is -2.20. The van der Waals surface area contributed by atoms with Crippen LogP contribution in [0, 0.1) is 0 Å². The lowest BCUT2D eigenvalue weighted by Crippen LogP contribution is -2.45. The first-order chi connectivity index (χ1) is 41.5. The molecular formula is C78H149NO5. The number of allylic oxidation sites excluding steroid dienone is 5. The molecule has 0 aromatic rings. The van der Waals surface area contributed by atoms with Crippen molar-refractivity contribution in [3.8, 4) is 0 Å². The van der Waals surface area contributed by atoms with Gasteiger partial charge in [0.1, 0.15) is 0 Å². The predicted octanol–water partition coefficient (Wildman–Crippen LogP) is 25.0. The summed E-state index contributed by atoms with van der Waals surface area (Å²) in [5.41, 5.74) is 0. The second-order valence-electron chi connectivity index (χ2n) is 26.3. The fraction of sp³-hybridized carbons (Fsp3) is 0.897. The van der Waals surface area contributed by atoms with E-state index >= 15 is 0 Å². The van der Waals surface area contributed by atoms with E-state index in [1.165, 1.54) is 353 Å². The molecule has 84 heavy (non-hydrogen) atoms. The van der Waals surface area contributed by atoms with Crippen molar-refractivity contribution < 1.29 is 24.5 Å². The van der Waals surface area contributed by atoms with Gasteiger partial charge in [0, 0.05) is 12.8 Å². The molecule has 0 fully saturated rings.